The maximum absolute atomic E-state index is 12.7. The average molecular weight is 474 g/mol. The molecule has 0 unspecified atom stereocenters. The molecule has 1 atom stereocenters. The van der Waals surface area contributed by atoms with Gasteiger partial charge in [-0.15, -0.1) is 0 Å². The van der Waals surface area contributed by atoms with Gasteiger partial charge in [0.25, 0.3) is 0 Å². The molecule has 1 aliphatic heterocycles. The van der Waals surface area contributed by atoms with Crippen LogP contribution >= 0.6 is 0 Å². The SMILES string of the molecule is CC(C)[C@H](NC(=O)OCc1ccccc1)C(=O)NCc1ccc(S(=O)(=O)N2CCCC2)cc1. The number of nitrogens with one attached hydrogen (secondary N) is 2. The Morgan fingerprint density at radius 2 is 1.61 bits per heavy atom. The molecule has 1 fully saturated rings. The highest BCUT2D eigenvalue weighted by atomic mass is 32.2. The standard InChI is InChI=1S/C24H31N3O5S/c1-18(2)22(26-24(29)32-17-20-8-4-3-5-9-20)23(28)25-16-19-10-12-21(13-11-19)33(30,31)27-14-6-7-15-27/h3-5,8-13,18,22H,6-7,14-17H2,1-2H3,(H,25,28)(H,26,29)/t22-/m0/s1. The summed E-state index contributed by atoms with van der Waals surface area (Å²) in [5.74, 6) is -0.488. The minimum Gasteiger partial charge on any atom is -0.445 e. The van der Waals surface area contributed by atoms with Gasteiger partial charge in [0.15, 0.2) is 0 Å². The van der Waals surface area contributed by atoms with E-state index in [1.807, 2.05) is 44.2 Å². The zero-order chi connectivity index (χ0) is 23.8. The second kappa shape index (κ2) is 11.3. The van der Waals surface area contributed by atoms with Crippen molar-refractivity contribution in [2.24, 2.45) is 5.92 Å². The highest BCUT2D eigenvalue weighted by Crippen LogP contribution is 2.21. The molecule has 0 aliphatic carbocycles. The molecule has 2 aromatic carbocycles. The number of hydrogen-bond donors (Lipinski definition) is 2. The van der Waals surface area contributed by atoms with E-state index in [4.69, 9.17) is 4.74 Å². The Hall–Kier alpha value is -2.91. The number of nitrogens with zero attached hydrogens (tertiary/aromatic N) is 1. The van der Waals surface area contributed by atoms with Crippen molar-refractivity contribution in [2.75, 3.05) is 13.1 Å². The summed E-state index contributed by atoms with van der Waals surface area (Å²) < 4.78 is 32.0. The van der Waals surface area contributed by atoms with Crippen molar-refractivity contribution in [1.29, 1.82) is 0 Å². The molecule has 2 N–H and O–H groups in total. The van der Waals surface area contributed by atoms with Gasteiger partial charge in [-0.1, -0.05) is 56.3 Å². The lowest BCUT2D eigenvalue weighted by molar-refractivity contribution is -0.124. The molecule has 3 rings (SSSR count). The van der Waals surface area contributed by atoms with Crippen molar-refractivity contribution in [3.8, 4) is 0 Å². The number of alkyl carbamates (subject to hydrolysis) is 1. The van der Waals surface area contributed by atoms with Crippen LogP contribution in [0.15, 0.2) is 59.5 Å². The Labute approximate surface area is 195 Å². The summed E-state index contributed by atoms with van der Waals surface area (Å²) in [4.78, 5) is 25.1. The molecule has 8 nitrogen and oxygen atoms in total. The third kappa shape index (κ3) is 6.79. The summed E-state index contributed by atoms with van der Waals surface area (Å²) in [5.41, 5.74) is 1.62. The predicted molar refractivity (Wildman–Crippen MR) is 125 cm³/mol. The summed E-state index contributed by atoms with van der Waals surface area (Å²) in [6.07, 6.45) is 1.10. The first-order chi connectivity index (χ1) is 15.8. The second-order valence-electron chi connectivity index (χ2n) is 8.40. The molecule has 0 aromatic heterocycles. The summed E-state index contributed by atoms with van der Waals surface area (Å²) in [6, 6.07) is 15.0. The Morgan fingerprint density at radius 1 is 0.970 bits per heavy atom. The van der Waals surface area contributed by atoms with E-state index >= 15 is 0 Å². The molecule has 9 heteroatoms. The number of amides is 2. The maximum atomic E-state index is 12.7. The summed E-state index contributed by atoms with van der Waals surface area (Å²) >= 11 is 0. The number of sulfonamides is 1. The zero-order valence-electron chi connectivity index (χ0n) is 19.0. The van der Waals surface area contributed by atoms with Crippen LogP contribution in [0.2, 0.25) is 0 Å². The third-order valence-electron chi connectivity index (χ3n) is 5.53. The molecule has 33 heavy (non-hydrogen) atoms. The molecule has 2 amide bonds. The van der Waals surface area contributed by atoms with Gasteiger partial charge >= 0.3 is 6.09 Å². The van der Waals surface area contributed by atoms with Gasteiger partial charge in [-0.2, -0.15) is 4.31 Å². The van der Waals surface area contributed by atoms with E-state index in [0.29, 0.717) is 13.1 Å². The number of hydrogen-bond acceptors (Lipinski definition) is 5. The van der Waals surface area contributed by atoms with E-state index in [1.54, 1.807) is 24.3 Å². The highest BCUT2D eigenvalue weighted by Gasteiger charge is 2.27. The first-order valence-corrected chi connectivity index (χ1v) is 12.6. The van der Waals surface area contributed by atoms with Gasteiger partial charge < -0.3 is 15.4 Å². The largest absolute Gasteiger partial charge is 0.445 e. The molecule has 178 valence electrons. The van der Waals surface area contributed by atoms with Gasteiger partial charge in [0.1, 0.15) is 12.6 Å². The Balaban J connectivity index is 1.52. The lowest BCUT2D eigenvalue weighted by Gasteiger charge is -2.21. The summed E-state index contributed by atoms with van der Waals surface area (Å²) in [7, 11) is -3.47. The van der Waals surface area contributed by atoms with E-state index in [0.717, 1.165) is 24.0 Å². The fourth-order valence-electron chi connectivity index (χ4n) is 3.58. The quantitative estimate of drug-likeness (QED) is 0.583. The Kier molecular flexibility index (Phi) is 8.46. The number of carbonyl (C=O) groups excluding carboxylic acids is 2. The topological polar surface area (TPSA) is 105 Å². The molecule has 1 saturated heterocycles. The van der Waals surface area contributed by atoms with E-state index in [-0.39, 0.29) is 29.9 Å². The number of benzene rings is 2. The van der Waals surface area contributed by atoms with Crippen molar-refractivity contribution in [1.82, 2.24) is 14.9 Å². The van der Waals surface area contributed by atoms with Crippen LogP contribution in [-0.4, -0.2) is 43.9 Å². The predicted octanol–water partition coefficient (Wildman–Crippen LogP) is 3.04. The van der Waals surface area contributed by atoms with Gasteiger partial charge in [-0.3, -0.25) is 4.79 Å². The van der Waals surface area contributed by atoms with Crippen LogP contribution in [-0.2, 0) is 32.7 Å². The second-order valence-corrected chi connectivity index (χ2v) is 10.3. The molecular weight excluding hydrogens is 442 g/mol. The molecule has 1 aliphatic rings. The van der Waals surface area contributed by atoms with E-state index in [1.165, 1.54) is 4.31 Å². The first-order valence-electron chi connectivity index (χ1n) is 11.1. The van der Waals surface area contributed by atoms with Crippen LogP contribution < -0.4 is 10.6 Å². The average Bonchev–Trinajstić information content (AvgIpc) is 3.36. The normalized spacial score (nSPS) is 15.2. The fraction of sp³-hybridized carbons (Fsp3) is 0.417. The number of carbonyl (C=O) groups is 2. The van der Waals surface area contributed by atoms with E-state index in [9.17, 15) is 18.0 Å². The molecule has 0 spiro atoms. The van der Waals surface area contributed by atoms with Crippen LogP contribution in [0.3, 0.4) is 0 Å². The van der Waals surface area contributed by atoms with Gasteiger partial charge in [-0.25, -0.2) is 13.2 Å². The van der Waals surface area contributed by atoms with Crippen LogP contribution in [0, 0.1) is 5.92 Å². The molecule has 0 radical (unpaired) electrons. The molecule has 0 saturated carbocycles. The molecule has 0 bridgehead atoms. The van der Waals surface area contributed by atoms with E-state index in [2.05, 4.69) is 10.6 Å². The highest BCUT2D eigenvalue weighted by molar-refractivity contribution is 7.89. The van der Waals surface area contributed by atoms with Crippen LogP contribution in [0.4, 0.5) is 4.79 Å². The Bertz CT molecular complexity index is 1030. The minimum atomic E-state index is -3.47. The lowest BCUT2D eigenvalue weighted by atomic mass is 10.0. The van der Waals surface area contributed by atoms with Crippen LogP contribution in [0.5, 0.6) is 0 Å². The molecule has 1 heterocycles. The van der Waals surface area contributed by atoms with Gasteiger partial charge in [0, 0.05) is 19.6 Å². The monoisotopic (exact) mass is 473 g/mol. The van der Waals surface area contributed by atoms with Gasteiger partial charge in [-0.05, 0) is 42.0 Å². The van der Waals surface area contributed by atoms with Crippen molar-refractivity contribution in [3.63, 3.8) is 0 Å². The smallest absolute Gasteiger partial charge is 0.408 e. The Morgan fingerprint density at radius 3 is 2.21 bits per heavy atom. The summed E-state index contributed by atoms with van der Waals surface area (Å²) in [5, 5.41) is 5.43. The lowest BCUT2D eigenvalue weighted by Crippen LogP contribution is -2.49. The van der Waals surface area contributed by atoms with E-state index < -0.39 is 22.2 Å². The van der Waals surface area contributed by atoms with Crippen molar-refractivity contribution >= 4 is 22.0 Å². The van der Waals surface area contributed by atoms with Crippen molar-refractivity contribution < 1.29 is 22.7 Å². The first kappa shape index (κ1) is 24.7. The summed E-state index contributed by atoms with van der Waals surface area (Å²) in [6.45, 7) is 5.10. The fourth-order valence-corrected chi connectivity index (χ4v) is 5.10. The van der Waals surface area contributed by atoms with Crippen molar-refractivity contribution in [3.05, 3.63) is 65.7 Å². The number of rotatable bonds is 9. The molecular formula is C24H31N3O5S. The van der Waals surface area contributed by atoms with Crippen LogP contribution in [0.1, 0.15) is 37.8 Å². The van der Waals surface area contributed by atoms with Gasteiger partial charge in [0.05, 0.1) is 4.90 Å². The minimum absolute atomic E-state index is 0.117. The zero-order valence-corrected chi connectivity index (χ0v) is 19.8. The maximum Gasteiger partial charge on any atom is 0.408 e. The van der Waals surface area contributed by atoms with Gasteiger partial charge in [0.2, 0.25) is 15.9 Å². The van der Waals surface area contributed by atoms with Crippen LogP contribution in [0.25, 0.3) is 0 Å². The molecule has 2 aromatic rings. The third-order valence-corrected chi connectivity index (χ3v) is 7.44. The van der Waals surface area contributed by atoms with Crippen molar-refractivity contribution in [2.45, 2.75) is 50.8 Å². The number of ether oxygens (including phenoxy) is 1.